The van der Waals surface area contributed by atoms with Gasteiger partial charge in [0.1, 0.15) is 5.75 Å². The van der Waals surface area contributed by atoms with E-state index in [1.165, 1.54) is 12.1 Å². The highest BCUT2D eigenvalue weighted by Gasteiger charge is 2.18. The Morgan fingerprint density at radius 1 is 1.03 bits per heavy atom. The summed E-state index contributed by atoms with van der Waals surface area (Å²) in [6.07, 6.45) is 0.257. The Balaban J connectivity index is 1.91. The fraction of sp³-hybridized carbons (Fsp3) is 0.300. The van der Waals surface area contributed by atoms with Crippen molar-refractivity contribution in [2.75, 3.05) is 12.9 Å². The summed E-state index contributed by atoms with van der Waals surface area (Å²) >= 11 is 0. The summed E-state index contributed by atoms with van der Waals surface area (Å²) in [4.78, 5) is 23.4. The first kappa shape index (κ1) is 22.4. The summed E-state index contributed by atoms with van der Waals surface area (Å²) < 4.78 is 32.1. The summed E-state index contributed by atoms with van der Waals surface area (Å²) in [6.45, 7) is 2.29. The van der Waals surface area contributed by atoms with E-state index in [1.54, 1.807) is 43.3 Å². The first-order chi connectivity index (χ1) is 13.7. The monoisotopic (exact) mass is 421 g/mol. The molecule has 0 bridgehead atoms. The first-order valence-corrected chi connectivity index (χ1v) is 10.7. The number of nitrogens with one attached hydrogen (secondary N) is 1. The normalized spacial score (nSPS) is 12.2. The zero-order valence-electron chi connectivity index (χ0n) is 16.1. The van der Waals surface area contributed by atoms with Crippen LogP contribution in [0.4, 0.5) is 0 Å². The number of aliphatic carboxylic acids is 1. The molecule has 0 heterocycles. The van der Waals surface area contributed by atoms with Crippen LogP contribution in [0.2, 0.25) is 0 Å². The molecular weight excluding hydrogens is 398 g/mol. The molecule has 8 nitrogen and oxygen atoms in total. The average Bonchev–Trinajstić information content (AvgIpc) is 2.66. The van der Waals surface area contributed by atoms with Crippen molar-refractivity contribution in [3.63, 3.8) is 0 Å². The highest BCUT2D eigenvalue weighted by Crippen LogP contribution is 2.14. The Labute approximate surface area is 169 Å². The molecule has 0 aliphatic rings. The maximum absolute atomic E-state index is 12.3. The van der Waals surface area contributed by atoms with E-state index in [2.05, 4.69) is 5.32 Å². The molecule has 0 aliphatic heterocycles. The van der Waals surface area contributed by atoms with Crippen molar-refractivity contribution in [2.45, 2.75) is 26.0 Å². The van der Waals surface area contributed by atoms with Gasteiger partial charge in [0.05, 0.1) is 6.26 Å². The molecule has 0 aliphatic carbocycles. The van der Waals surface area contributed by atoms with Crippen LogP contribution in [0, 0.1) is 0 Å². The molecule has 0 aromatic heterocycles. The van der Waals surface area contributed by atoms with Gasteiger partial charge in [-0.25, -0.2) is 4.79 Å². The highest BCUT2D eigenvalue weighted by atomic mass is 32.2. The maximum Gasteiger partial charge on any atom is 0.333 e. The summed E-state index contributed by atoms with van der Waals surface area (Å²) in [6, 6.07) is 13.0. The van der Waals surface area contributed by atoms with Crippen molar-refractivity contribution in [3.8, 4) is 5.75 Å². The number of benzene rings is 2. The SMILES string of the molecule is CCOC(Cc1ccc(C(=O)NCc2ccc(OS(C)(=O)=O)cc2)cc1)C(=O)O. The molecule has 0 fully saturated rings. The lowest BCUT2D eigenvalue weighted by molar-refractivity contribution is -0.149. The molecule has 1 atom stereocenters. The Kier molecular flexibility index (Phi) is 7.74. The fourth-order valence-corrected chi connectivity index (χ4v) is 3.01. The Morgan fingerprint density at radius 2 is 1.62 bits per heavy atom. The molecule has 156 valence electrons. The summed E-state index contributed by atoms with van der Waals surface area (Å²) in [5.41, 5.74) is 1.97. The molecule has 2 N–H and O–H groups in total. The molecule has 0 saturated heterocycles. The van der Waals surface area contributed by atoms with Crippen LogP contribution in [0.3, 0.4) is 0 Å². The lowest BCUT2D eigenvalue weighted by Crippen LogP contribution is -2.26. The third-order valence-corrected chi connectivity index (χ3v) is 4.40. The predicted octanol–water partition coefficient (Wildman–Crippen LogP) is 1.99. The number of amides is 1. The highest BCUT2D eigenvalue weighted by molar-refractivity contribution is 7.86. The van der Waals surface area contributed by atoms with E-state index < -0.39 is 22.2 Å². The van der Waals surface area contributed by atoms with Gasteiger partial charge >= 0.3 is 16.1 Å². The van der Waals surface area contributed by atoms with Gasteiger partial charge in [-0.05, 0) is 42.3 Å². The second-order valence-corrected chi connectivity index (χ2v) is 7.87. The van der Waals surface area contributed by atoms with Crippen LogP contribution in [0.15, 0.2) is 48.5 Å². The standard InChI is InChI=1S/C20H23NO7S/c1-3-27-18(20(23)24)12-14-4-8-16(9-5-14)19(22)21-13-15-6-10-17(11-7-15)28-29(2,25)26/h4-11,18H,3,12-13H2,1-2H3,(H,21,22)(H,23,24). The van der Waals surface area contributed by atoms with Crippen molar-refractivity contribution in [2.24, 2.45) is 0 Å². The lowest BCUT2D eigenvalue weighted by Gasteiger charge is -2.12. The quantitative estimate of drug-likeness (QED) is 0.563. The van der Waals surface area contributed by atoms with Crippen molar-refractivity contribution < 1.29 is 32.0 Å². The predicted molar refractivity (Wildman–Crippen MR) is 106 cm³/mol. The molecule has 0 radical (unpaired) electrons. The maximum atomic E-state index is 12.3. The summed E-state index contributed by atoms with van der Waals surface area (Å²) in [5.74, 6) is -1.11. The number of rotatable bonds is 10. The van der Waals surface area contributed by atoms with Crippen molar-refractivity contribution >= 4 is 22.0 Å². The molecule has 29 heavy (non-hydrogen) atoms. The number of carbonyl (C=O) groups excluding carboxylic acids is 1. The van der Waals surface area contributed by atoms with Crippen molar-refractivity contribution in [1.82, 2.24) is 5.32 Å². The first-order valence-electron chi connectivity index (χ1n) is 8.88. The van der Waals surface area contributed by atoms with E-state index >= 15 is 0 Å². The molecule has 2 aromatic carbocycles. The van der Waals surface area contributed by atoms with E-state index in [9.17, 15) is 18.0 Å². The van der Waals surface area contributed by atoms with Crippen LogP contribution in [0.5, 0.6) is 5.75 Å². The van der Waals surface area contributed by atoms with E-state index in [1.807, 2.05) is 0 Å². The van der Waals surface area contributed by atoms with Crippen LogP contribution >= 0.6 is 0 Å². The third kappa shape index (κ3) is 7.55. The lowest BCUT2D eigenvalue weighted by atomic mass is 10.1. The van der Waals surface area contributed by atoms with Crippen LogP contribution in [-0.4, -0.2) is 44.4 Å². The molecule has 0 spiro atoms. The summed E-state index contributed by atoms with van der Waals surface area (Å²) in [7, 11) is -3.58. The van der Waals surface area contributed by atoms with Crippen LogP contribution in [0.25, 0.3) is 0 Å². The minimum absolute atomic E-state index is 0.199. The van der Waals surface area contributed by atoms with Gasteiger partial charge in [-0.3, -0.25) is 4.79 Å². The van der Waals surface area contributed by atoms with E-state index in [0.29, 0.717) is 12.2 Å². The number of carboxylic acids is 1. The van der Waals surface area contributed by atoms with E-state index in [-0.39, 0.29) is 24.6 Å². The van der Waals surface area contributed by atoms with E-state index in [4.69, 9.17) is 14.0 Å². The zero-order valence-corrected chi connectivity index (χ0v) is 16.9. The summed E-state index contributed by atoms with van der Waals surface area (Å²) in [5, 5.41) is 11.9. The second-order valence-electron chi connectivity index (χ2n) is 6.30. The van der Waals surface area contributed by atoms with Gasteiger partial charge in [-0.2, -0.15) is 8.42 Å². The Morgan fingerprint density at radius 3 is 2.14 bits per heavy atom. The van der Waals surface area contributed by atoms with Crippen molar-refractivity contribution in [1.29, 1.82) is 0 Å². The third-order valence-electron chi connectivity index (χ3n) is 3.90. The van der Waals surface area contributed by atoms with Gasteiger partial charge in [-0.15, -0.1) is 0 Å². The van der Waals surface area contributed by atoms with Crippen LogP contribution in [-0.2, 0) is 32.6 Å². The number of ether oxygens (including phenoxy) is 1. The van der Waals surface area contributed by atoms with Crippen molar-refractivity contribution in [3.05, 3.63) is 65.2 Å². The smallest absolute Gasteiger partial charge is 0.333 e. The number of carbonyl (C=O) groups is 2. The number of carboxylic acid groups (broad SMARTS) is 1. The largest absolute Gasteiger partial charge is 0.479 e. The average molecular weight is 421 g/mol. The van der Waals surface area contributed by atoms with Gasteiger partial charge in [0.15, 0.2) is 6.10 Å². The molecule has 9 heteroatoms. The van der Waals surface area contributed by atoms with Gasteiger partial charge in [0.2, 0.25) is 0 Å². The van der Waals surface area contributed by atoms with Gasteiger partial charge < -0.3 is 19.3 Å². The molecule has 1 unspecified atom stereocenters. The molecule has 2 aromatic rings. The second kappa shape index (κ2) is 10.0. The molecule has 1 amide bonds. The zero-order chi connectivity index (χ0) is 21.4. The van der Waals surface area contributed by atoms with Gasteiger partial charge in [-0.1, -0.05) is 24.3 Å². The Bertz CT molecular complexity index is 938. The number of hydrogen-bond donors (Lipinski definition) is 2. The van der Waals surface area contributed by atoms with Crippen LogP contribution in [0.1, 0.15) is 28.4 Å². The van der Waals surface area contributed by atoms with Crippen LogP contribution < -0.4 is 9.50 Å². The molecule has 2 rings (SSSR count). The fourth-order valence-electron chi connectivity index (χ4n) is 2.55. The molecule has 0 saturated carbocycles. The molecular formula is C20H23NO7S. The minimum Gasteiger partial charge on any atom is -0.479 e. The minimum atomic E-state index is -3.58. The van der Waals surface area contributed by atoms with Gasteiger partial charge in [0.25, 0.3) is 5.91 Å². The topological polar surface area (TPSA) is 119 Å². The number of hydrogen-bond acceptors (Lipinski definition) is 6. The Hall–Kier alpha value is -2.91. The van der Waals surface area contributed by atoms with E-state index in [0.717, 1.165) is 17.4 Å². The van der Waals surface area contributed by atoms with Gasteiger partial charge in [0, 0.05) is 25.1 Å².